The SMILES string of the molecule is Cc1c(Cl)cccc1OCCCC(=O)N1CCCOc2c(-c3cnn(Cc4c(Cl)cc(C(=O)NCC(C)(C)O)cc4Cl)c3)cccc21. The molecule has 12 heteroatoms. The molecule has 5 rings (SSSR count). The molecule has 9 nitrogen and oxygen atoms in total. The molecular weight excluding hydrogens is 663 g/mol. The first-order chi connectivity index (χ1) is 22.4. The zero-order valence-corrected chi connectivity index (χ0v) is 28.8. The Kier molecular flexibility index (Phi) is 11.0. The van der Waals surface area contributed by atoms with Gasteiger partial charge in [0.2, 0.25) is 5.91 Å². The van der Waals surface area contributed by atoms with Crippen molar-refractivity contribution >= 4 is 52.3 Å². The summed E-state index contributed by atoms with van der Waals surface area (Å²) in [4.78, 5) is 27.8. The molecule has 1 aliphatic heterocycles. The van der Waals surface area contributed by atoms with E-state index in [0.717, 1.165) is 22.4 Å². The molecule has 0 radical (unpaired) electrons. The van der Waals surface area contributed by atoms with E-state index in [1.807, 2.05) is 49.5 Å². The van der Waals surface area contributed by atoms with Crippen LogP contribution in [0.2, 0.25) is 15.1 Å². The number of halogens is 3. The molecule has 0 fully saturated rings. The predicted molar refractivity (Wildman–Crippen MR) is 185 cm³/mol. The van der Waals surface area contributed by atoms with Crippen molar-refractivity contribution < 1.29 is 24.2 Å². The average Bonchev–Trinajstić information content (AvgIpc) is 3.38. The van der Waals surface area contributed by atoms with Gasteiger partial charge in [-0.1, -0.05) is 53.0 Å². The van der Waals surface area contributed by atoms with Crippen LogP contribution in [0.5, 0.6) is 11.5 Å². The summed E-state index contributed by atoms with van der Waals surface area (Å²) in [5.74, 6) is 0.955. The highest BCUT2D eigenvalue weighted by Gasteiger charge is 2.25. The molecule has 2 N–H and O–H groups in total. The van der Waals surface area contributed by atoms with E-state index in [4.69, 9.17) is 44.3 Å². The zero-order valence-electron chi connectivity index (χ0n) is 26.5. The zero-order chi connectivity index (χ0) is 33.7. The standard InChI is InChI=1S/C35H37Cl3N4O5/c1-22-27(36)9-5-11-31(22)46-14-6-12-32(43)42-13-7-15-47-33-25(8-4-10-30(33)42)24-18-40-41(19-24)20-26-28(37)16-23(17-29(26)38)34(44)39-21-35(2,3)45/h4-5,8-11,16-19,45H,6-7,12-15,20-21H2,1-3H3,(H,39,44). The minimum Gasteiger partial charge on any atom is -0.493 e. The number of benzene rings is 3. The summed E-state index contributed by atoms with van der Waals surface area (Å²) in [6.45, 7) is 6.88. The van der Waals surface area contributed by atoms with E-state index in [-0.39, 0.29) is 24.9 Å². The third-order valence-electron chi connectivity index (χ3n) is 7.72. The summed E-state index contributed by atoms with van der Waals surface area (Å²) in [6, 6.07) is 14.4. The number of hydrogen-bond donors (Lipinski definition) is 2. The van der Waals surface area contributed by atoms with Gasteiger partial charge in [0.1, 0.15) is 5.75 Å². The Bertz CT molecular complexity index is 1750. The van der Waals surface area contributed by atoms with Crippen LogP contribution in [0.15, 0.2) is 60.9 Å². The van der Waals surface area contributed by atoms with Crippen molar-refractivity contribution in [2.45, 2.75) is 52.2 Å². The Hall–Kier alpha value is -3.76. The molecule has 3 aromatic carbocycles. The monoisotopic (exact) mass is 698 g/mol. The molecule has 0 atom stereocenters. The summed E-state index contributed by atoms with van der Waals surface area (Å²) in [5.41, 5.74) is 3.05. The van der Waals surface area contributed by atoms with Gasteiger partial charge in [-0.15, -0.1) is 0 Å². The van der Waals surface area contributed by atoms with Crippen LogP contribution in [0, 0.1) is 6.92 Å². The maximum atomic E-state index is 13.4. The third kappa shape index (κ3) is 8.59. The number of para-hydroxylation sites is 1. The summed E-state index contributed by atoms with van der Waals surface area (Å²) < 4.78 is 13.8. The first kappa shape index (κ1) is 34.6. The van der Waals surface area contributed by atoms with Gasteiger partial charge in [-0.2, -0.15) is 5.10 Å². The molecule has 0 aliphatic carbocycles. The number of rotatable bonds is 11. The van der Waals surface area contributed by atoms with Crippen LogP contribution >= 0.6 is 34.8 Å². The van der Waals surface area contributed by atoms with Gasteiger partial charge >= 0.3 is 0 Å². The van der Waals surface area contributed by atoms with Crippen LogP contribution in [0.1, 0.15) is 54.6 Å². The fourth-order valence-electron chi connectivity index (χ4n) is 5.21. The molecule has 2 amide bonds. The molecule has 0 saturated carbocycles. The first-order valence-corrected chi connectivity index (χ1v) is 16.5. The predicted octanol–water partition coefficient (Wildman–Crippen LogP) is 7.34. The van der Waals surface area contributed by atoms with Crippen LogP contribution in [0.3, 0.4) is 0 Å². The summed E-state index contributed by atoms with van der Waals surface area (Å²) in [6.07, 6.45) is 5.16. The van der Waals surface area contributed by atoms with Gasteiger partial charge in [-0.05, 0) is 63.9 Å². The van der Waals surface area contributed by atoms with Gasteiger partial charge in [0.25, 0.3) is 5.91 Å². The van der Waals surface area contributed by atoms with Crippen molar-refractivity contribution in [3.05, 3.63) is 92.7 Å². The summed E-state index contributed by atoms with van der Waals surface area (Å²) in [7, 11) is 0. The Morgan fingerprint density at radius 3 is 2.57 bits per heavy atom. The number of ether oxygens (including phenoxy) is 2. The number of hydrogen-bond acceptors (Lipinski definition) is 6. The fourth-order valence-corrected chi connectivity index (χ4v) is 5.98. The number of aromatic nitrogens is 2. The van der Waals surface area contributed by atoms with Gasteiger partial charge in [0.05, 0.1) is 37.2 Å². The molecule has 2 heterocycles. The lowest BCUT2D eigenvalue weighted by molar-refractivity contribution is -0.118. The first-order valence-electron chi connectivity index (χ1n) is 15.4. The van der Waals surface area contributed by atoms with E-state index in [9.17, 15) is 14.7 Å². The van der Waals surface area contributed by atoms with Crippen molar-refractivity contribution in [3.63, 3.8) is 0 Å². The lowest BCUT2D eigenvalue weighted by Crippen LogP contribution is -2.38. The van der Waals surface area contributed by atoms with Crippen LogP contribution in [-0.2, 0) is 11.3 Å². The largest absolute Gasteiger partial charge is 0.493 e. The molecule has 47 heavy (non-hydrogen) atoms. The van der Waals surface area contributed by atoms with Crippen molar-refractivity contribution in [2.24, 2.45) is 0 Å². The molecule has 0 bridgehead atoms. The van der Waals surface area contributed by atoms with Crippen LogP contribution in [-0.4, -0.2) is 58.6 Å². The third-order valence-corrected chi connectivity index (χ3v) is 8.80. The normalized spacial score (nSPS) is 13.0. The number of carbonyl (C=O) groups is 2. The van der Waals surface area contributed by atoms with Gasteiger partial charge in [0, 0.05) is 68.6 Å². The van der Waals surface area contributed by atoms with Gasteiger partial charge in [-0.3, -0.25) is 14.3 Å². The van der Waals surface area contributed by atoms with Crippen LogP contribution in [0.25, 0.3) is 11.1 Å². The summed E-state index contributed by atoms with van der Waals surface area (Å²) in [5, 5.41) is 18.4. The topological polar surface area (TPSA) is 106 Å². The molecule has 4 aromatic rings. The molecule has 1 aliphatic rings. The fraction of sp³-hybridized carbons (Fsp3) is 0.343. The highest BCUT2D eigenvalue weighted by molar-refractivity contribution is 6.36. The minimum absolute atomic E-state index is 0.00232. The number of nitrogens with one attached hydrogen (secondary N) is 1. The lowest BCUT2D eigenvalue weighted by atomic mass is 10.1. The number of amides is 2. The van der Waals surface area contributed by atoms with Crippen molar-refractivity contribution in [1.82, 2.24) is 15.1 Å². The second kappa shape index (κ2) is 15.0. The smallest absolute Gasteiger partial charge is 0.251 e. The Balaban J connectivity index is 1.28. The Morgan fingerprint density at radius 2 is 1.83 bits per heavy atom. The Morgan fingerprint density at radius 1 is 1.09 bits per heavy atom. The number of anilines is 1. The average molecular weight is 700 g/mol. The molecule has 1 aromatic heterocycles. The van der Waals surface area contributed by atoms with Crippen molar-refractivity contribution in [2.75, 3.05) is 31.2 Å². The maximum absolute atomic E-state index is 13.4. The van der Waals surface area contributed by atoms with E-state index in [2.05, 4.69) is 10.4 Å². The quantitative estimate of drug-likeness (QED) is 0.159. The minimum atomic E-state index is -1.05. The van der Waals surface area contributed by atoms with E-state index in [1.165, 1.54) is 0 Å². The van der Waals surface area contributed by atoms with Crippen LogP contribution in [0.4, 0.5) is 5.69 Å². The van der Waals surface area contributed by atoms with Gasteiger partial charge < -0.3 is 24.8 Å². The van der Waals surface area contributed by atoms with Gasteiger partial charge in [-0.25, -0.2) is 0 Å². The van der Waals surface area contributed by atoms with Crippen molar-refractivity contribution in [3.8, 4) is 22.6 Å². The van der Waals surface area contributed by atoms with E-state index in [1.54, 1.807) is 41.8 Å². The van der Waals surface area contributed by atoms with Gasteiger partial charge in [0.15, 0.2) is 5.75 Å². The second-order valence-electron chi connectivity index (χ2n) is 12.1. The Labute approximate surface area is 289 Å². The highest BCUT2D eigenvalue weighted by atomic mass is 35.5. The van der Waals surface area contributed by atoms with E-state index < -0.39 is 5.60 Å². The molecule has 0 unspecified atom stereocenters. The van der Waals surface area contributed by atoms with Crippen molar-refractivity contribution in [1.29, 1.82) is 0 Å². The maximum Gasteiger partial charge on any atom is 0.251 e. The second-order valence-corrected chi connectivity index (χ2v) is 13.3. The summed E-state index contributed by atoms with van der Waals surface area (Å²) >= 11 is 19.3. The van der Waals surface area contributed by atoms with Crippen LogP contribution < -0.4 is 19.7 Å². The molecule has 0 spiro atoms. The molecular formula is C35H37Cl3N4O5. The van der Waals surface area contributed by atoms with E-state index >= 15 is 0 Å². The highest BCUT2D eigenvalue weighted by Crippen LogP contribution is 2.40. The number of nitrogens with zero attached hydrogens (tertiary/aromatic N) is 3. The molecule has 0 saturated heterocycles. The molecule has 248 valence electrons. The number of aliphatic hydroxyl groups is 1. The number of carbonyl (C=O) groups excluding carboxylic acids is 2. The lowest BCUT2D eigenvalue weighted by Gasteiger charge is -2.23. The van der Waals surface area contributed by atoms with E-state index in [0.29, 0.717) is 76.7 Å². The number of fused-ring (bicyclic) bond motifs is 1.